The monoisotopic (exact) mass is 408 g/mol. The van der Waals surface area contributed by atoms with Crippen LogP contribution in [-0.4, -0.2) is 16.2 Å². The fraction of sp³-hybridized carbons (Fsp3) is 0.148. The number of rotatable bonds is 8. The van der Waals surface area contributed by atoms with Gasteiger partial charge in [-0.15, -0.1) is 0 Å². The lowest BCUT2D eigenvalue weighted by atomic mass is 10.1. The Labute approximate surface area is 181 Å². The van der Waals surface area contributed by atoms with E-state index in [1.165, 1.54) is 10.8 Å². The molecule has 0 aliphatic carbocycles. The maximum absolute atomic E-state index is 6.03. The smallest absolute Gasteiger partial charge is 0.147 e. The van der Waals surface area contributed by atoms with Gasteiger partial charge >= 0.3 is 0 Å². The van der Waals surface area contributed by atoms with Crippen LogP contribution in [0.25, 0.3) is 21.8 Å². The van der Waals surface area contributed by atoms with E-state index in [1.54, 1.807) is 0 Å². The minimum absolute atomic E-state index is 0.435. The first-order valence-corrected chi connectivity index (χ1v) is 10.6. The molecule has 0 amide bonds. The molecule has 0 unspecified atom stereocenters. The van der Waals surface area contributed by atoms with Crippen LogP contribution < -0.4 is 9.47 Å². The van der Waals surface area contributed by atoms with E-state index >= 15 is 0 Å². The number of benzene rings is 4. The average molecular weight is 409 g/mol. The number of hydrogen-bond donors (Lipinski definition) is 0. The number of para-hydroxylation sites is 3. The molecule has 31 heavy (non-hydrogen) atoms. The van der Waals surface area contributed by atoms with Crippen molar-refractivity contribution in [1.82, 2.24) is 9.55 Å². The van der Waals surface area contributed by atoms with Gasteiger partial charge in [-0.1, -0.05) is 60.7 Å². The van der Waals surface area contributed by atoms with Crippen LogP contribution in [0, 0.1) is 0 Å². The van der Waals surface area contributed by atoms with Gasteiger partial charge in [-0.3, -0.25) is 0 Å². The second kappa shape index (κ2) is 8.92. The molecule has 0 saturated carbocycles. The van der Waals surface area contributed by atoms with E-state index in [0.29, 0.717) is 13.2 Å². The first-order valence-electron chi connectivity index (χ1n) is 10.6. The molecule has 0 aliphatic heterocycles. The second-order valence-corrected chi connectivity index (χ2v) is 7.48. The summed E-state index contributed by atoms with van der Waals surface area (Å²) in [5.41, 5.74) is 2.12. The Kier molecular flexibility index (Phi) is 5.52. The molecule has 0 spiro atoms. The van der Waals surface area contributed by atoms with Crippen LogP contribution in [0.1, 0.15) is 12.2 Å². The Morgan fingerprint density at radius 1 is 0.677 bits per heavy atom. The van der Waals surface area contributed by atoms with E-state index in [9.17, 15) is 0 Å². The Balaban J connectivity index is 1.26. The van der Waals surface area contributed by atoms with Gasteiger partial charge in [0.1, 0.15) is 23.9 Å². The molecule has 1 heterocycles. The van der Waals surface area contributed by atoms with Crippen molar-refractivity contribution >= 4 is 21.8 Å². The topological polar surface area (TPSA) is 36.3 Å². The fourth-order valence-electron chi connectivity index (χ4n) is 3.82. The highest BCUT2D eigenvalue weighted by Crippen LogP contribution is 2.22. The number of ether oxygens (including phenoxy) is 2. The largest absolute Gasteiger partial charge is 0.494 e. The molecule has 5 aromatic rings. The number of fused-ring (bicyclic) bond motifs is 2. The molecule has 1 aromatic heterocycles. The van der Waals surface area contributed by atoms with E-state index in [-0.39, 0.29) is 0 Å². The van der Waals surface area contributed by atoms with E-state index in [2.05, 4.69) is 47.0 Å². The summed E-state index contributed by atoms with van der Waals surface area (Å²) in [5.74, 6) is 2.68. The van der Waals surface area contributed by atoms with Gasteiger partial charge < -0.3 is 14.0 Å². The van der Waals surface area contributed by atoms with Gasteiger partial charge in [0.15, 0.2) is 0 Å². The molecule has 154 valence electrons. The maximum Gasteiger partial charge on any atom is 0.147 e. The van der Waals surface area contributed by atoms with Crippen molar-refractivity contribution in [3.63, 3.8) is 0 Å². The van der Waals surface area contributed by atoms with Gasteiger partial charge in [0.05, 0.1) is 17.6 Å². The quantitative estimate of drug-likeness (QED) is 0.285. The molecule has 4 heteroatoms. The fourth-order valence-corrected chi connectivity index (χ4v) is 3.82. The summed E-state index contributed by atoms with van der Waals surface area (Å²) in [5, 5.41) is 2.42. The normalized spacial score (nSPS) is 11.1. The zero-order valence-corrected chi connectivity index (χ0v) is 17.3. The molecule has 0 fully saturated rings. The van der Waals surface area contributed by atoms with Gasteiger partial charge in [-0.25, -0.2) is 4.98 Å². The standard InChI is InChI=1S/C27H24N2O2/c1-2-11-23(12-3-1)31-20-27-28-25-13-6-7-14-26(25)29(27)17-8-18-30-24-16-15-21-9-4-5-10-22(21)19-24/h1-7,9-16,19H,8,17-18,20H2. The summed E-state index contributed by atoms with van der Waals surface area (Å²) in [7, 11) is 0. The summed E-state index contributed by atoms with van der Waals surface area (Å²) < 4.78 is 14.2. The number of imidazole rings is 1. The number of aryl methyl sites for hydroxylation is 1. The lowest BCUT2D eigenvalue weighted by molar-refractivity contribution is 0.280. The Morgan fingerprint density at radius 3 is 2.35 bits per heavy atom. The highest BCUT2D eigenvalue weighted by Gasteiger charge is 2.11. The SMILES string of the molecule is c1ccc(OCc2nc3ccccc3n2CCCOc2ccc3ccccc3c2)cc1. The van der Waals surface area contributed by atoms with Gasteiger partial charge in [0.25, 0.3) is 0 Å². The maximum atomic E-state index is 6.03. The Hall–Kier alpha value is -3.79. The van der Waals surface area contributed by atoms with Crippen LogP contribution >= 0.6 is 0 Å². The van der Waals surface area contributed by atoms with Crippen molar-refractivity contribution in [3.8, 4) is 11.5 Å². The first-order chi connectivity index (χ1) is 15.4. The predicted molar refractivity (Wildman–Crippen MR) is 125 cm³/mol. The third-order valence-electron chi connectivity index (χ3n) is 5.36. The minimum Gasteiger partial charge on any atom is -0.494 e. The van der Waals surface area contributed by atoms with Crippen molar-refractivity contribution in [2.45, 2.75) is 19.6 Å². The van der Waals surface area contributed by atoms with Crippen molar-refractivity contribution in [2.24, 2.45) is 0 Å². The number of hydrogen-bond acceptors (Lipinski definition) is 3. The van der Waals surface area contributed by atoms with Crippen LogP contribution in [0.4, 0.5) is 0 Å². The summed E-state index contributed by atoms with van der Waals surface area (Å²) in [6, 6.07) is 32.6. The molecule has 0 bridgehead atoms. The second-order valence-electron chi connectivity index (χ2n) is 7.48. The summed E-state index contributed by atoms with van der Waals surface area (Å²) >= 11 is 0. The zero-order valence-electron chi connectivity index (χ0n) is 17.3. The van der Waals surface area contributed by atoms with Gasteiger partial charge in [-0.2, -0.15) is 0 Å². The highest BCUT2D eigenvalue weighted by atomic mass is 16.5. The van der Waals surface area contributed by atoms with Crippen molar-refractivity contribution in [3.05, 3.63) is 103 Å². The molecule has 0 N–H and O–H groups in total. The van der Waals surface area contributed by atoms with Gasteiger partial charge in [0.2, 0.25) is 0 Å². The third-order valence-corrected chi connectivity index (χ3v) is 5.36. The molecule has 0 saturated heterocycles. The zero-order chi connectivity index (χ0) is 20.9. The van der Waals surface area contributed by atoms with E-state index < -0.39 is 0 Å². The van der Waals surface area contributed by atoms with Gasteiger partial charge in [0, 0.05) is 6.54 Å². The van der Waals surface area contributed by atoms with E-state index in [1.807, 2.05) is 54.6 Å². The third kappa shape index (κ3) is 4.38. The molecule has 0 radical (unpaired) electrons. The van der Waals surface area contributed by atoms with Crippen LogP contribution in [0.2, 0.25) is 0 Å². The molecule has 4 nitrogen and oxygen atoms in total. The Bertz CT molecular complexity index is 1290. The summed E-state index contributed by atoms with van der Waals surface area (Å²) in [4.78, 5) is 4.80. The number of nitrogens with zero attached hydrogens (tertiary/aromatic N) is 2. The lowest BCUT2D eigenvalue weighted by Gasteiger charge is -2.12. The molecular formula is C27H24N2O2. The highest BCUT2D eigenvalue weighted by molar-refractivity contribution is 5.83. The first kappa shape index (κ1) is 19.2. The predicted octanol–water partition coefficient (Wildman–Crippen LogP) is 6.24. The molecule has 5 rings (SSSR count). The van der Waals surface area contributed by atoms with Crippen LogP contribution in [0.3, 0.4) is 0 Å². The molecule has 0 atom stereocenters. The van der Waals surface area contributed by atoms with Crippen molar-refractivity contribution < 1.29 is 9.47 Å². The van der Waals surface area contributed by atoms with Crippen LogP contribution in [0.15, 0.2) is 97.1 Å². The summed E-state index contributed by atoms with van der Waals surface area (Å²) in [6.07, 6.45) is 0.880. The van der Waals surface area contributed by atoms with E-state index in [4.69, 9.17) is 14.5 Å². The van der Waals surface area contributed by atoms with Gasteiger partial charge in [-0.05, 0) is 53.6 Å². The molecule has 4 aromatic carbocycles. The van der Waals surface area contributed by atoms with Crippen LogP contribution in [-0.2, 0) is 13.2 Å². The number of aromatic nitrogens is 2. The van der Waals surface area contributed by atoms with Crippen molar-refractivity contribution in [1.29, 1.82) is 0 Å². The lowest BCUT2D eigenvalue weighted by Crippen LogP contribution is -2.10. The molecule has 0 aliphatic rings. The Morgan fingerprint density at radius 2 is 1.45 bits per heavy atom. The summed E-state index contributed by atoms with van der Waals surface area (Å²) in [6.45, 7) is 1.90. The van der Waals surface area contributed by atoms with E-state index in [0.717, 1.165) is 41.3 Å². The van der Waals surface area contributed by atoms with Crippen molar-refractivity contribution in [2.75, 3.05) is 6.61 Å². The van der Waals surface area contributed by atoms with Crippen LogP contribution in [0.5, 0.6) is 11.5 Å². The average Bonchev–Trinajstić information content (AvgIpc) is 3.18. The minimum atomic E-state index is 0.435. The molecular weight excluding hydrogens is 384 g/mol.